The normalized spacial score (nSPS) is 13.4. The Morgan fingerprint density at radius 2 is 1.71 bits per heavy atom. The number of carbonyl (C=O) groups excluding carboxylic acids is 3. The zero-order valence-corrected chi connectivity index (χ0v) is 22.7. The fourth-order valence-electron chi connectivity index (χ4n) is 4.77. The summed E-state index contributed by atoms with van der Waals surface area (Å²) in [6, 6.07) is 14.4. The predicted molar refractivity (Wildman–Crippen MR) is 148 cm³/mol. The van der Waals surface area contributed by atoms with Crippen molar-refractivity contribution in [3.05, 3.63) is 89.6 Å². The van der Waals surface area contributed by atoms with Crippen molar-refractivity contribution in [3.63, 3.8) is 0 Å². The Morgan fingerprint density at radius 3 is 2.34 bits per heavy atom. The van der Waals surface area contributed by atoms with Crippen molar-refractivity contribution in [2.45, 2.75) is 19.3 Å². The second-order valence-electron chi connectivity index (χ2n) is 9.85. The van der Waals surface area contributed by atoms with E-state index in [1.807, 2.05) is 0 Å². The van der Waals surface area contributed by atoms with Gasteiger partial charge in [-0.25, -0.2) is 8.78 Å². The van der Waals surface area contributed by atoms with Gasteiger partial charge in [0, 0.05) is 43.9 Å². The monoisotopic (exact) mass is 559 g/mol. The Balaban J connectivity index is 1.34. The van der Waals surface area contributed by atoms with Crippen LogP contribution in [0.5, 0.6) is 17.2 Å². The standard InChI is InChI=1S/C31H27F2N3O5/c1-34-29(38)22-16-21-24(17-27(22)40-3)35-13-10-25(21)41-26-9-4-18(14-23(26)33)15-28(37)31(11-12-31)30(39)36(2)20-7-5-19(32)6-8-20/h4-10,13-14,16-17H,11-12,15H2,1-3H3,(H,34,38). The number of hydrogen-bond donors (Lipinski definition) is 1. The first kappa shape index (κ1) is 27.7. The van der Waals surface area contributed by atoms with Gasteiger partial charge in [0.25, 0.3) is 5.91 Å². The molecule has 1 fully saturated rings. The van der Waals surface area contributed by atoms with E-state index >= 15 is 4.39 Å². The van der Waals surface area contributed by atoms with E-state index in [9.17, 15) is 18.8 Å². The van der Waals surface area contributed by atoms with Crippen molar-refractivity contribution >= 4 is 34.2 Å². The third-order valence-corrected chi connectivity index (χ3v) is 7.29. The molecule has 5 rings (SSSR count). The number of aromatic nitrogens is 1. The van der Waals surface area contributed by atoms with Crippen LogP contribution in [0.1, 0.15) is 28.8 Å². The molecular formula is C31H27F2N3O5. The fourth-order valence-corrected chi connectivity index (χ4v) is 4.77. The molecule has 1 aromatic heterocycles. The maximum absolute atomic E-state index is 15.2. The molecule has 1 heterocycles. The predicted octanol–water partition coefficient (Wildman–Crippen LogP) is 5.23. The third-order valence-electron chi connectivity index (χ3n) is 7.29. The summed E-state index contributed by atoms with van der Waals surface area (Å²) < 4.78 is 39.7. The average Bonchev–Trinajstić information content (AvgIpc) is 3.79. The molecule has 0 spiro atoms. The summed E-state index contributed by atoms with van der Waals surface area (Å²) in [5.41, 5.74) is 0.457. The molecule has 0 bridgehead atoms. The number of anilines is 1. The van der Waals surface area contributed by atoms with Gasteiger partial charge in [-0.15, -0.1) is 0 Å². The quantitative estimate of drug-likeness (QED) is 0.282. The number of nitrogens with zero attached hydrogens (tertiary/aromatic N) is 2. The van der Waals surface area contributed by atoms with Gasteiger partial charge in [-0.2, -0.15) is 0 Å². The number of fused-ring (bicyclic) bond motifs is 1. The number of halogens is 2. The lowest BCUT2D eigenvalue weighted by atomic mass is 9.93. The van der Waals surface area contributed by atoms with E-state index in [2.05, 4.69) is 10.3 Å². The first-order chi connectivity index (χ1) is 19.7. The molecule has 8 nitrogen and oxygen atoms in total. The van der Waals surface area contributed by atoms with E-state index in [1.165, 1.54) is 61.7 Å². The smallest absolute Gasteiger partial charge is 0.254 e. The Morgan fingerprint density at radius 1 is 0.976 bits per heavy atom. The number of hydrogen-bond acceptors (Lipinski definition) is 6. The molecule has 0 radical (unpaired) electrons. The Hall–Kier alpha value is -4.86. The van der Waals surface area contributed by atoms with E-state index in [0.29, 0.717) is 40.7 Å². The molecule has 0 saturated heterocycles. The number of nitrogens with one attached hydrogen (secondary N) is 1. The highest BCUT2D eigenvalue weighted by atomic mass is 19.1. The van der Waals surface area contributed by atoms with Gasteiger partial charge in [0.1, 0.15) is 22.7 Å². The van der Waals surface area contributed by atoms with Gasteiger partial charge < -0.3 is 19.7 Å². The molecular weight excluding hydrogens is 532 g/mol. The minimum atomic E-state index is -1.17. The van der Waals surface area contributed by atoms with Gasteiger partial charge in [0.15, 0.2) is 17.3 Å². The van der Waals surface area contributed by atoms with Crippen LogP contribution in [0.2, 0.25) is 0 Å². The summed E-state index contributed by atoms with van der Waals surface area (Å²) >= 11 is 0. The summed E-state index contributed by atoms with van der Waals surface area (Å²) in [5.74, 6) is -1.64. The minimum Gasteiger partial charge on any atom is -0.496 e. The molecule has 3 aromatic carbocycles. The highest BCUT2D eigenvalue weighted by Crippen LogP contribution is 2.49. The fraction of sp³-hybridized carbons (Fsp3) is 0.226. The lowest BCUT2D eigenvalue weighted by Crippen LogP contribution is -2.39. The van der Waals surface area contributed by atoms with E-state index in [1.54, 1.807) is 31.3 Å². The lowest BCUT2D eigenvalue weighted by molar-refractivity contribution is -0.133. The van der Waals surface area contributed by atoms with Gasteiger partial charge in [-0.05, 0) is 66.9 Å². The van der Waals surface area contributed by atoms with Crippen LogP contribution in [0, 0.1) is 17.0 Å². The molecule has 10 heteroatoms. The van der Waals surface area contributed by atoms with Crippen LogP contribution >= 0.6 is 0 Å². The van der Waals surface area contributed by atoms with Crippen LogP contribution in [0.25, 0.3) is 10.9 Å². The van der Waals surface area contributed by atoms with Gasteiger partial charge in [-0.1, -0.05) is 6.07 Å². The summed E-state index contributed by atoms with van der Waals surface area (Å²) in [4.78, 5) is 44.4. The second kappa shape index (κ2) is 11.0. The molecule has 1 saturated carbocycles. The van der Waals surface area contributed by atoms with Crippen molar-refractivity contribution < 1.29 is 32.6 Å². The van der Waals surface area contributed by atoms with Gasteiger partial charge >= 0.3 is 0 Å². The molecule has 0 aliphatic heterocycles. The third kappa shape index (κ3) is 5.32. The number of carbonyl (C=O) groups is 3. The molecule has 1 N–H and O–H groups in total. The van der Waals surface area contributed by atoms with Crippen molar-refractivity contribution in [3.8, 4) is 17.2 Å². The SMILES string of the molecule is CNC(=O)c1cc2c(Oc3ccc(CC(=O)C4(C(=O)N(C)c5ccc(F)cc5)CC4)cc3F)ccnc2cc1OC. The molecule has 41 heavy (non-hydrogen) atoms. The number of ketones is 1. The molecule has 210 valence electrons. The van der Waals surface area contributed by atoms with E-state index in [-0.39, 0.29) is 41.1 Å². The molecule has 4 aromatic rings. The van der Waals surface area contributed by atoms with Crippen LogP contribution in [0.3, 0.4) is 0 Å². The highest BCUT2D eigenvalue weighted by Gasteiger charge is 2.56. The molecule has 0 atom stereocenters. The van der Waals surface area contributed by atoms with Gasteiger partial charge in [0.2, 0.25) is 5.91 Å². The second-order valence-corrected chi connectivity index (χ2v) is 9.85. The zero-order chi connectivity index (χ0) is 29.3. The summed E-state index contributed by atoms with van der Waals surface area (Å²) in [6.07, 6.45) is 2.17. The Kier molecular flexibility index (Phi) is 7.40. The number of benzene rings is 3. The summed E-state index contributed by atoms with van der Waals surface area (Å²) in [5, 5.41) is 3.03. The maximum atomic E-state index is 15.2. The number of amides is 2. The first-order valence-corrected chi connectivity index (χ1v) is 12.9. The van der Waals surface area contributed by atoms with E-state index < -0.39 is 17.0 Å². The zero-order valence-electron chi connectivity index (χ0n) is 22.7. The number of pyridine rings is 1. The Bertz CT molecular complexity index is 1670. The van der Waals surface area contributed by atoms with Crippen LogP contribution < -0.4 is 19.7 Å². The highest BCUT2D eigenvalue weighted by molar-refractivity contribution is 6.15. The summed E-state index contributed by atoms with van der Waals surface area (Å²) in [7, 11) is 4.49. The molecule has 1 aliphatic rings. The van der Waals surface area contributed by atoms with Gasteiger partial charge in [-0.3, -0.25) is 19.4 Å². The van der Waals surface area contributed by atoms with E-state index in [0.717, 1.165) is 0 Å². The summed E-state index contributed by atoms with van der Waals surface area (Å²) in [6.45, 7) is 0. The molecule has 0 unspecified atom stereocenters. The van der Waals surface area contributed by atoms with Gasteiger partial charge in [0.05, 0.1) is 18.2 Å². The topological polar surface area (TPSA) is 97.8 Å². The largest absolute Gasteiger partial charge is 0.496 e. The Labute approximate surface area is 234 Å². The van der Waals surface area contributed by atoms with E-state index in [4.69, 9.17) is 9.47 Å². The molecule has 2 amide bonds. The number of Topliss-reactive ketones (excluding diaryl/α,β-unsaturated/α-hetero) is 1. The number of methoxy groups -OCH3 is 1. The number of rotatable bonds is 9. The van der Waals surface area contributed by atoms with Crippen molar-refractivity contribution in [1.82, 2.24) is 10.3 Å². The van der Waals surface area contributed by atoms with Crippen molar-refractivity contribution in [2.24, 2.45) is 5.41 Å². The van der Waals surface area contributed by atoms with Crippen LogP contribution in [-0.4, -0.2) is 43.8 Å². The minimum absolute atomic E-state index is 0.0840. The number of ether oxygens (including phenoxy) is 2. The van der Waals surface area contributed by atoms with Crippen LogP contribution in [0.15, 0.2) is 66.9 Å². The lowest BCUT2D eigenvalue weighted by Gasteiger charge is -2.23. The van der Waals surface area contributed by atoms with Crippen molar-refractivity contribution in [1.29, 1.82) is 0 Å². The maximum Gasteiger partial charge on any atom is 0.254 e. The van der Waals surface area contributed by atoms with Crippen LogP contribution in [-0.2, 0) is 16.0 Å². The van der Waals surface area contributed by atoms with Crippen LogP contribution in [0.4, 0.5) is 14.5 Å². The molecule has 1 aliphatic carbocycles. The first-order valence-electron chi connectivity index (χ1n) is 12.9. The average molecular weight is 560 g/mol. The van der Waals surface area contributed by atoms with Crippen molar-refractivity contribution in [2.75, 3.05) is 26.1 Å².